The Morgan fingerprint density at radius 3 is 2.94 bits per heavy atom. The molecular formula is C10H15N7O. The van der Waals surface area contributed by atoms with Crippen molar-refractivity contribution in [1.82, 2.24) is 19.5 Å². The third-order valence-corrected chi connectivity index (χ3v) is 2.64. The van der Waals surface area contributed by atoms with Gasteiger partial charge in [0.25, 0.3) is 0 Å². The second-order valence-corrected chi connectivity index (χ2v) is 3.92. The van der Waals surface area contributed by atoms with E-state index in [1.54, 1.807) is 6.33 Å². The molecule has 0 aliphatic rings. The minimum Gasteiger partial charge on any atom is -0.409 e. The van der Waals surface area contributed by atoms with Crippen LogP contribution in [0.4, 0.5) is 5.82 Å². The van der Waals surface area contributed by atoms with Crippen LogP contribution in [-0.2, 0) is 6.54 Å². The van der Waals surface area contributed by atoms with Gasteiger partial charge >= 0.3 is 0 Å². The number of hydrogen-bond acceptors (Lipinski definition) is 6. The number of amidine groups is 1. The first kappa shape index (κ1) is 12.1. The number of rotatable bonds is 5. The lowest BCUT2D eigenvalue weighted by Crippen LogP contribution is -2.11. The van der Waals surface area contributed by atoms with Gasteiger partial charge < -0.3 is 21.2 Å². The summed E-state index contributed by atoms with van der Waals surface area (Å²) in [6.45, 7) is 0.756. The van der Waals surface area contributed by atoms with Crippen molar-refractivity contribution in [3.63, 3.8) is 0 Å². The van der Waals surface area contributed by atoms with Gasteiger partial charge in [0, 0.05) is 13.0 Å². The van der Waals surface area contributed by atoms with E-state index in [0.717, 1.165) is 25.0 Å². The fourth-order valence-corrected chi connectivity index (χ4v) is 1.70. The number of nitrogens with zero attached hydrogens (tertiary/aromatic N) is 5. The van der Waals surface area contributed by atoms with Crippen molar-refractivity contribution < 1.29 is 5.21 Å². The lowest BCUT2D eigenvalue weighted by Gasteiger charge is -2.03. The Labute approximate surface area is 103 Å². The van der Waals surface area contributed by atoms with E-state index < -0.39 is 0 Å². The Morgan fingerprint density at radius 1 is 1.33 bits per heavy atom. The number of nitrogen functional groups attached to an aromatic ring is 1. The highest BCUT2D eigenvalue weighted by Gasteiger charge is 2.07. The maximum absolute atomic E-state index is 8.41. The van der Waals surface area contributed by atoms with E-state index >= 15 is 0 Å². The summed E-state index contributed by atoms with van der Waals surface area (Å²) in [5.41, 5.74) is 12.4. The number of oxime groups is 1. The molecule has 0 unspecified atom stereocenters. The van der Waals surface area contributed by atoms with Crippen molar-refractivity contribution in [2.24, 2.45) is 10.9 Å². The molecule has 0 aromatic carbocycles. The summed E-state index contributed by atoms with van der Waals surface area (Å²) in [5.74, 6) is 0.632. The minimum atomic E-state index is 0.247. The first-order chi connectivity index (χ1) is 8.72. The van der Waals surface area contributed by atoms with Crippen molar-refractivity contribution in [2.75, 3.05) is 5.73 Å². The second kappa shape index (κ2) is 5.30. The summed E-state index contributed by atoms with van der Waals surface area (Å²) in [6, 6.07) is 0. The van der Waals surface area contributed by atoms with Crippen molar-refractivity contribution >= 4 is 22.8 Å². The molecule has 5 N–H and O–H groups in total. The highest BCUT2D eigenvalue weighted by Crippen LogP contribution is 2.14. The number of imidazole rings is 1. The van der Waals surface area contributed by atoms with Crippen molar-refractivity contribution in [3.8, 4) is 0 Å². The first-order valence-electron chi connectivity index (χ1n) is 5.60. The quantitative estimate of drug-likeness (QED) is 0.230. The van der Waals surface area contributed by atoms with E-state index in [2.05, 4.69) is 20.1 Å². The van der Waals surface area contributed by atoms with Crippen molar-refractivity contribution in [1.29, 1.82) is 0 Å². The van der Waals surface area contributed by atoms with Gasteiger partial charge in [-0.05, 0) is 12.8 Å². The predicted molar refractivity (Wildman–Crippen MR) is 67.0 cm³/mol. The van der Waals surface area contributed by atoms with Crippen molar-refractivity contribution in [3.05, 3.63) is 12.7 Å². The summed E-state index contributed by atoms with van der Waals surface area (Å²) < 4.78 is 1.92. The zero-order valence-electron chi connectivity index (χ0n) is 9.82. The molecule has 0 saturated heterocycles. The number of hydrogen-bond donors (Lipinski definition) is 3. The number of aryl methyl sites for hydroxylation is 1. The topological polar surface area (TPSA) is 128 Å². The number of fused-ring (bicyclic) bond motifs is 1. The van der Waals surface area contributed by atoms with Gasteiger partial charge in [-0.3, -0.25) is 0 Å². The van der Waals surface area contributed by atoms with E-state index in [4.69, 9.17) is 16.7 Å². The Kier molecular flexibility index (Phi) is 3.56. The summed E-state index contributed by atoms with van der Waals surface area (Å²) in [7, 11) is 0. The molecule has 8 heteroatoms. The molecule has 0 aliphatic carbocycles. The summed E-state index contributed by atoms with van der Waals surface area (Å²) in [4.78, 5) is 12.2. The molecule has 18 heavy (non-hydrogen) atoms. The Hall–Kier alpha value is -2.38. The van der Waals surface area contributed by atoms with Crippen LogP contribution >= 0.6 is 0 Å². The van der Waals surface area contributed by atoms with Crippen molar-refractivity contribution in [2.45, 2.75) is 25.8 Å². The third kappa shape index (κ3) is 2.47. The fourth-order valence-electron chi connectivity index (χ4n) is 1.70. The molecule has 0 fully saturated rings. The van der Waals surface area contributed by atoms with Crippen LogP contribution < -0.4 is 11.5 Å². The second-order valence-electron chi connectivity index (χ2n) is 3.92. The van der Waals surface area contributed by atoms with Gasteiger partial charge in [-0.2, -0.15) is 0 Å². The Morgan fingerprint density at radius 2 is 2.17 bits per heavy atom. The molecule has 0 atom stereocenters. The Bertz CT molecular complexity index is 562. The van der Waals surface area contributed by atoms with Crippen LogP contribution in [-0.4, -0.2) is 30.6 Å². The van der Waals surface area contributed by atoms with Gasteiger partial charge in [0.2, 0.25) is 0 Å². The molecule has 0 aliphatic heterocycles. The van der Waals surface area contributed by atoms with Crippen LogP contribution in [0, 0.1) is 0 Å². The average molecular weight is 249 g/mol. The molecule has 0 amide bonds. The number of anilines is 1. The molecular weight excluding hydrogens is 234 g/mol. The van der Waals surface area contributed by atoms with Gasteiger partial charge in [-0.25, -0.2) is 15.0 Å². The molecule has 0 saturated carbocycles. The average Bonchev–Trinajstić information content (AvgIpc) is 2.79. The molecule has 2 aromatic heterocycles. The van der Waals surface area contributed by atoms with Crippen LogP contribution in [0.25, 0.3) is 11.2 Å². The molecule has 2 heterocycles. The molecule has 8 nitrogen and oxygen atoms in total. The van der Waals surface area contributed by atoms with Gasteiger partial charge in [0.05, 0.1) is 6.33 Å². The summed E-state index contributed by atoms with van der Waals surface area (Å²) >= 11 is 0. The molecule has 0 bridgehead atoms. The van der Waals surface area contributed by atoms with Gasteiger partial charge in [-0.15, -0.1) is 0 Å². The largest absolute Gasteiger partial charge is 0.409 e. The molecule has 2 aromatic rings. The van der Waals surface area contributed by atoms with E-state index in [0.29, 0.717) is 17.8 Å². The smallest absolute Gasteiger partial charge is 0.165 e. The minimum absolute atomic E-state index is 0.247. The lowest BCUT2D eigenvalue weighted by atomic mass is 10.2. The normalized spacial score (nSPS) is 12.1. The molecule has 2 rings (SSSR count). The van der Waals surface area contributed by atoms with Crippen LogP contribution in [0.5, 0.6) is 0 Å². The number of nitrogens with two attached hydrogens (primary N) is 2. The van der Waals surface area contributed by atoms with E-state index in [1.165, 1.54) is 6.33 Å². The number of aromatic nitrogens is 4. The first-order valence-corrected chi connectivity index (χ1v) is 5.60. The molecule has 0 radical (unpaired) electrons. The van der Waals surface area contributed by atoms with E-state index in [1.807, 2.05) is 4.57 Å². The van der Waals surface area contributed by atoms with E-state index in [9.17, 15) is 0 Å². The van der Waals surface area contributed by atoms with Gasteiger partial charge in [0.1, 0.15) is 17.7 Å². The van der Waals surface area contributed by atoms with Crippen LogP contribution in [0.15, 0.2) is 17.8 Å². The van der Waals surface area contributed by atoms with Gasteiger partial charge in [-0.1, -0.05) is 5.16 Å². The van der Waals surface area contributed by atoms with Crippen LogP contribution in [0.3, 0.4) is 0 Å². The standard InChI is InChI=1S/C10H15N7O/c11-7(16-18)3-1-2-4-17-6-15-8-9(12)13-5-14-10(8)17/h5-6,18H,1-4H2,(H2,11,16)(H2,12,13,14). The van der Waals surface area contributed by atoms with Crippen LogP contribution in [0.1, 0.15) is 19.3 Å². The maximum Gasteiger partial charge on any atom is 0.165 e. The fraction of sp³-hybridized carbons (Fsp3) is 0.400. The summed E-state index contributed by atoms with van der Waals surface area (Å²) in [5, 5.41) is 11.3. The highest BCUT2D eigenvalue weighted by molar-refractivity contribution is 5.81. The highest BCUT2D eigenvalue weighted by atomic mass is 16.4. The maximum atomic E-state index is 8.41. The van der Waals surface area contributed by atoms with Gasteiger partial charge in [0.15, 0.2) is 11.5 Å². The lowest BCUT2D eigenvalue weighted by molar-refractivity contribution is 0.316. The predicted octanol–water partition coefficient (Wildman–Crippen LogP) is 0.325. The molecule has 0 spiro atoms. The van der Waals surface area contributed by atoms with Crippen LogP contribution in [0.2, 0.25) is 0 Å². The third-order valence-electron chi connectivity index (χ3n) is 2.64. The monoisotopic (exact) mass is 249 g/mol. The molecule has 96 valence electrons. The summed E-state index contributed by atoms with van der Waals surface area (Å²) in [6.07, 6.45) is 5.40. The van der Waals surface area contributed by atoms with E-state index in [-0.39, 0.29) is 5.84 Å². The Balaban J connectivity index is 1.98. The number of unbranched alkanes of at least 4 members (excludes halogenated alkanes) is 1. The zero-order chi connectivity index (χ0) is 13.0. The SMILES string of the molecule is NC(CCCCn1cnc2c(N)ncnc21)=NO. The zero-order valence-corrected chi connectivity index (χ0v) is 9.82.